The van der Waals surface area contributed by atoms with Gasteiger partial charge < -0.3 is 8.83 Å². The second kappa shape index (κ2) is 8.85. The first kappa shape index (κ1) is 18.5. The summed E-state index contributed by atoms with van der Waals surface area (Å²) in [5.74, 6) is 0.510. The molecule has 0 unspecified atom stereocenters. The van der Waals surface area contributed by atoms with Gasteiger partial charge in [0, 0.05) is 38.2 Å². The molecule has 196 valence electrons. The predicted molar refractivity (Wildman–Crippen MR) is 168 cm³/mol. The Morgan fingerprint density at radius 1 is 0.429 bits per heavy atom. The van der Waals surface area contributed by atoms with Crippen LogP contribution in [0.4, 0.5) is 0 Å². The Morgan fingerprint density at radius 2 is 1.00 bits per heavy atom. The molecule has 9 aromatic rings. The Labute approximate surface area is 246 Å². The molecular formula is C37H21N3O2. The monoisotopic (exact) mass is 544 g/mol. The van der Waals surface area contributed by atoms with Gasteiger partial charge in [0.1, 0.15) is 22.3 Å². The molecule has 0 aliphatic carbocycles. The second-order valence-corrected chi connectivity index (χ2v) is 10.1. The van der Waals surface area contributed by atoms with E-state index in [2.05, 4.69) is 17.1 Å². The molecule has 0 N–H and O–H groups in total. The minimum absolute atomic E-state index is 0.0326. The molecular weight excluding hydrogens is 518 g/mol. The summed E-state index contributed by atoms with van der Waals surface area (Å²) in [6, 6.07) is 29.1. The average molecular weight is 545 g/mol. The minimum Gasteiger partial charge on any atom is -0.456 e. The number of rotatable bonds is 3. The molecule has 0 saturated carbocycles. The molecule has 5 heteroatoms. The summed E-state index contributed by atoms with van der Waals surface area (Å²) in [5.41, 5.74) is 4.02. The Kier molecular flexibility index (Phi) is 3.90. The van der Waals surface area contributed by atoms with Gasteiger partial charge >= 0.3 is 0 Å². The number of aromatic nitrogens is 3. The summed E-state index contributed by atoms with van der Waals surface area (Å²) in [5, 5.41) is 5.90. The molecule has 0 aliphatic heterocycles. The molecule has 3 aromatic heterocycles. The molecule has 0 radical (unpaired) electrons. The summed E-state index contributed by atoms with van der Waals surface area (Å²) >= 11 is 0. The highest BCUT2D eigenvalue weighted by Crippen LogP contribution is 2.36. The van der Waals surface area contributed by atoms with Gasteiger partial charge in [-0.15, -0.1) is 0 Å². The lowest BCUT2D eigenvalue weighted by atomic mass is 10.0. The standard InChI is InChI=1S/C37H21N3O2/c1-2-8-22(9-3-1)35-38-36(40-37(39-35)26-14-16-28-27-12-6-7-13-31(27)41-33(28)21-26)25-15-17-32-29(19-25)30-18-23-10-4-5-11-24(23)20-34(30)42-32/h1-21H/i1D,2D,3D,8D,9D. The van der Waals surface area contributed by atoms with Crippen LogP contribution in [-0.2, 0) is 0 Å². The quantitative estimate of drug-likeness (QED) is 0.221. The van der Waals surface area contributed by atoms with Gasteiger partial charge in [0.05, 0.1) is 6.85 Å². The molecule has 9 rings (SSSR count). The molecule has 42 heavy (non-hydrogen) atoms. The first-order valence-corrected chi connectivity index (χ1v) is 13.4. The Bertz CT molecular complexity index is 2740. The lowest BCUT2D eigenvalue weighted by molar-refractivity contribution is 0.669. The fraction of sp³-hybridized carbons (Fsp3) is 0. The van der Waals surface area contributed by atoms with Crippen LogP contribution < -0.4 is 0 Å². The van der Waals surface area contributed by atoms with E-state index in [0.29, 0.717) is 22.3 Å². The molecule has 0 spiro atoms. The van der Waals surface area contributed by atoms with E-state index in [1.54, 1.807) is 0 Å². The summed E-state index contributed by atoms with van der Waals surface area (Å²) in [6.07, 6.45) is 0. The minimum atomic E-state index is -0.488. The van der Waals surface area contributed by atoms with Crippen LogP contribution in [0.1, 0.15) is 6.85 Å². The van der Waals surface area contributed by atoms with Crippen LogP contribution >= 0.6 is 0 Å². The summed E-state index contributed by atoms with van der Waals surface area (Å²) < 4.78 is 54.2. The van der Waals surface area contributed by atoms with Crippen molar-refractivity contribution in [3.05, 3.63) is 127 Å². The molecule has 6 aromatic carbocycles. The zero-order valence-electron chi connectivity index (χ0n) is 26.9. The van der Waals surface area contributed by atoms with Crippen LogP contribution in [0.3, 0.4) is 0 Å². The Balaban J connectivity index is 1.29. The molecule has 5 nitrogen and oxygen atoms in total. The summed E-state index contributed by atoms with van der Waals surface area (Å²) in [4.78, 5) is 14.2. The van der Waals surface area contributed by atoms with E-state index in [1.807, 2.05) is 84.9 Å². The number of hydrogen-bond donors (Lipinski definition) is 0. The number of hydrogen-bond acceptors (Lipinski definition) is 5. The smallest absolute Gasteiger partial charge is 0.164 e. The van der Waals surface area contributed by atoms with Gasteiger partial charge in [0.15, 0.2) is 17.5 Å². The SMILES string of the molecule is [2H]c1c([2H])c([2H])c(-c2nc(-c3ccc4c(c3)oc3ccccc34)nc(-c3ccc4oc5cc6ccccc6cc5c4c3)n2)c([2H])c1[2H]. The maximum atomic E-state index is 8.64. The van der Waals surface area contributed by atoms with Crippen LogP contribution in [0.25, 0.3) is 88.8 Å². The third-order valence-electron chi connectivity index (χ3n) is 7.59. The van der Waals surface area contributed by atoms with E-state index in [9.17, 15) is 0 Å². The third kappa shape index (κ3) is 3.61. The van der Waals surface area contributed by atoms with Gasteiger partial charge in [-0.3, -0.25) is 0 Å². The molecule has 0 fully saturated rings. The van der Waals surface area contributed by atoms with Gasteiger partial charge in [-0.05, 0) is 59.3 Å². The van der Waals surface area contributed by atoms with E-state index in [1.165, 1.54) is 0 Å². The van der Waals surface area contributed by atoms with Crippen LogP contribution in [0.5, 0.6) is 0 Å². The van der Waals surface area contributed by atoms with E-state index in [-0.39, 0.29) is 23.0 Å². The Hall–Kier alpha value is -5.81. The first-order valence-electron chi connectivity index (χ1n) is 15.9. The van der Waals surface area contributed by atoms with Crippen molar-refractivity contribution in [1.82, 2.24) is 15.0 Å². The van der Waals surface area contributed by atoms with Gasteiger partial charge in [-0.2, -0.15) is 0 Å². The van der Waals surface area contributed by atoms with Crippen molar-refractivity contribution >= 4 is 54.6 Å². The lowest BCUT2D eigenvalue weighted by Gasteiger charge is -2.08. The summed E-state index contributed by atoms with van der Waals surface area (Å²) in [7, 11) is 0. The number of fused-ring (bicyclic) bond motifs is 7. The lowest BCUT2D eigenvalue weighted by Crippen LogP contribution is -2.00. The van der Waals surface area contributed by atoms with Gasteiger partial charge in [-0.1, -0.05) is 78.7 Å². The maximum absolute atomic E-state index is 8.64. The van der Waals surface area contributed by atoms with Crippen LogP contribution in [-0.4, -0.2) is 15.0 Å². The van der Waals surface area contributed by atoms with Gasteiger partial charge in [0.2, 0.25) is 0 Å². The third-order valence-corrected chi connectivity index (χ3v) is 7.59. The van der Waals surface area contributed by atoms with E-state index < -0.39 is 30.2 Å². The normalized spacial score (nSPS) is 13.5. The van der Waals surface area contributed by atoms with Crippen molar-refractivity contribution in [3.8, 4) is 34.2 Å². The van der Waals surface area contributed by atoms with E-state index >= 15 is 0 Å². The molecule has 0 atom stereocenters. The molecule has 0 aliphatic rings. The van der Waals surface area contributed by atoms with Gasteiger partial charge in [-0.25, -0.2) is 15.0 Å². The van der Waals surface area contributed by atoms with Crippen molar-refractivity contribution < 1.29 is 15.7 Å². The molecule has 0 saturated heterocycles. The van der Waals surface area contributed by atoms with Crippen molar-refractivity contribution in [2.45, 2.75) is 0 Å². The Morgan fingerprint density at radius 3 is 1.81 bits per heavy atom. The molecule has 0 bridgehead atoms. The van der Waals surface area contributed by atoms with Crippen molar-refractivity contribution in [2.75, 3.05) is 0 Å². The fourth-order valence-corrected chi connectivity index (χ4v) is 5.57. The molecule has 0 amide bonds. The van der Waals surface area contributed by atoms with E-state index in [0.717, 1.165) is 43.5 Å². The number of furan rings is 2. The highest BCUT2D eigenvalue weighted by Gasteiger charge is 2.16. The second-order valence-electron chi connectivity index (χ2n) is 10.1. The average Bonchev–Trinajstić information content (AvgIpc) is 3.65. The number of nitrogens with zero attached hydrogens (tertiary/aromatic N) is 3. The van der Waals surface area contributed by atoms with Crippen LogP contribution in [0.2, 0.25) is 0 Å². The van der Waals surface area contributed by atoms with Crippen molar-refractivity contribution in [3.63, 3.8) is 0 Å². The topological polar surface area (TPSA) is 65.0 Å². The van der Waals surface area contributed by atoms with Crippen molar-refractivity contribution in [2.24, 2.45) is 0 Å². The maximum Gasteiger partial charge on any atom is 0.164 e. The predicted octanol–water partition coefficient (Wildman–Crippen LogP) is 9.82. The van der Waals surface area contributed by atoms with Gasteiger partial charge in [0.25, 0.3) is 0 Å². The highest BCUT2D eigenvalue weighted by molar-refractivity contribution is 6.11. The van der Waals surface area contributed by atoms with Crippen LogP contribution in [0.15, 0.2) is 136 Å². The van der Waals surface area contributed by atoms with E-state index in [4.69, 9.17) is 25.7 Å². The zero-order chi connectivity index (χ0) is 32.0. The summed E-state index contributed by atoms with van der Waals surface area (Å²) in [6.45, 7) is 0. The number of benzene rings is 6. The van der Waals surface area contributed by atoms with Crippen LogP contribution in [0, 0.1) is 0 Å². The first-order chi connectivity index (χ1) is 22.8. The molecule has 3 heterocycles. The fourth-order valence-electron chi connectivity index (χ4n) is 5.57. The van der Waals surface area contributed by atoms with Crippen molar-refractivity contribution in [1.29, 1.82) is 0 Å². The highest BCUT2D eigenvalue weighted by atomic mass is 16.3. The number of para-hydroxylation sites is 1. The zero-order valence-corrected chi connectivity index (χ0v) is 21.9. The largest absolute Gasteiger partial charge is 0.456 e.